The van der Waals surface area contributed by atoms with Crippen LogP contribution in [0, 0.1) is 13.8 Å². The highest BCUT2D eigenvalue weighted by molar-refractivity contribution is 9.11. The summed E-state index contributed by atoms with van der Waals surface area (Å²) in [5, 5.41) is 0. The molecule has 0 atom stereocenters. The molecule has 0 unspecified atom stereocenters. The number of hydrogen-bond acceptors (Lipinski definition) is 2. The van der Waals surface area contributed by atoms with Crippen molar-refractivity contribution in [3.63, 3.8) is 0 Å². The fourth-order valence-corrected chi connectivity index (χ4v) is 4.20. The lowest BCUT2D eigenvalue weighted by Gasteiger charge is -2.07. The minimum absolute atomic E-state index is 0.830. The first kappa shape index (κ1) is 12.1. The fourth-order valence-electron chi connectivity index (χ4n) is 1.53. The molecule has 1 nitrogen and oxygen atoms in total. The van der Waals surface area contributed by atoms with E-state index in [-0.39, 0.29) is 0 Å². The van der Waals surface area contributed by atoms with Gasteiger partial charge in [-0.05, 0) is 53.5 Å². The minimum atomic E-state index is 0.830. The second kappa shape index (κ2) is 4.51. The molecule has 1 heterocycles. The molecule has 0 aliphatic rings. The largest absolute Gasteiger partial charge is 0.398 e. The van der Waals surface area contributed by atoms with Crippen molar-refractivity contribution in [3.05, 3.63) is 37.6 Å². The molecule has 2 rings (SSSR count). The van der Waals surface area contributed by atoms with Crippen molar-refractivity contribution in [1.82, 2.24) is 0 Å². The maximum atomic E-state index is 5.95. The van der Waals surface area contributed by atoms with Gasteiger partial charge in [0.05, 0.1) is 0 Å². The van der Waals surface area contributed by atoms with Crippen molar-refractivity contribution < 1.29 is 0 Å². The van der Waals surface area contributed by atoms with Gasteiger partial charge in [0.2, 0.25) is 0 Å². The average molecular weight is 361 g/mol. The normalized spacial score (nSPS) is 10.8. The lowest BCUT2D eigenvalue weighted by Crippen LogP contribution is -1.90. The summed E-state index contributed by atoms with van der Waals surface area (Å²) in [5.74, 6) is 0. The van der Waals surface area contributed by atoms with E-state index in [1.807, 2.05) is 13.0 Å². The average Bonchev–Trinajstić information content (AvgIpc) is 2.51. The summed E-state index contributed by atoms with van der Waals surface area (Å²) in [6, 6.07) is 6.21. The Morgan fingerprint density at radius 1 is 1.06 bits per heavy atom. The van der Waals surface area contributed by atoms with Gasteiger partial charge in [0.15, 0.2) is 0 Å². The summed E-state index contributed by atoms with van der Waals surface area (Å²) < 4.78 is 2.21. The molecule has 4 heteroatoms. The van der Waals surface area contributed by atoms with Crippen molar-refractivity contribution >= 4 is 48.9 Å². The molecule has 0 fully saturated rings. The highest BCUT2D eigenvalue weighted by atomic mass is 79.9. The van der Waals surface area contributed by atoms with Gasteiger partial charge in [-0.1, -0.05) is 15.9 Å². The Labute approximate surface area is 116 Å². The standard InChI is InChI=1S/C12H11Br2NS/c1-6-3-9(13)8(5-11(6)15)12-10(14)4-7(2)16-12/h3-5H,15H2,1-2H3. The Morgan fingerprint density at radius 2 is 1.75 bits per heavy atom. The first-order valence-corrected chi connectivity index (χ1v) is 7.21. The number of benzene rings is 1. The zero-order chi connectivity index (χ0) is 11.9. The Bertz CT molecular complexity index is 546. The molecule has 0 spiro atoms. The third-order valence-electron chi connectivity index (χ3n) is 2.41. The van der Waals surface area contributed by atoms with E-state index < -0.39 is 0 Å². The second-order valence-electron chi connectivity index (χ2n) is 3.72. The molecule has 0 aliphatic carbocycles. The lowest BCUT2D eigenvalue weighted by molar-refractivity contribution is 1.45. The Kier molecular flexibility index (Phi) is 3.42. The van der Waals surface area contributed by atoms with Crippen LogP contribution in [0.4, 0.5) is 5.69 Å². The molecule has 1 aromatic carbocycles. The Hall–Kier alpha value is -0.320. The van der Waals surface area contributed by atoms with E-state index in [4.69, 9.17) is 5.73 Å². The van der Waals surface area contributed by atoms with Gasteiger partial charge >= 0.3 is 0 Å². The van der Waals surface area contributed by atoms with Crippen molar-refractivity contribution in [2.45, 2.75) is 13.8 Å². The highest BCUT2D eigenvalue weighted by Gasteiger charge is 2.11. The maximum Gasteiger partial charge on any atom is 0.0499 e. The molecule has 1 aromatic heterocycles. The van der Waals surface area contributed by atoms with Crippen LogP contribution in [-0.4, -0.2) is 0 Å². The molecule has 0 saturated carbocycles. The van der Waals surface area contributed by atoms with Gasteiger partial charge in [-0.2, -0.15) is 0 Å². The molecule has 0 bridgehead atoms. The monoisotopic (exact) mass is 359 g/mol. The van der Waals surface area contributed by atoms with E-state index in [2.05, 4.69) is 50.9 Å². The smallest absolute Gasteiger partial charge is 0.0499 e. The summed E-state index contributed by atoms with van der Waals surface area (Å²) in [6.45, 7) is 4.11. The Balaban J connectivity index is 2.64. The van der Waals surface area contributed by atoms with Crippen LogP contribution in [0.3, 0.4) is 0 Å². The van der Waals surface area contributed by atoms with Gasteiger partial charge in [-0.3, -0.25) is 0 Å². The van der Waals surface area contributed by atoms with Crippen LogP contribution in [0.15, 0.2) is 27.1 Å². The van der Waals surface area contributed by atoms with E-state index in [1.54, 1.807) is 11.3 Å². The molecule has 84 valence electrons. The zero-order valence-corrected chi connectivity index (χ0v) is 13.0. The molecule has 2 aromatic rings. The number of aryl methyl sites for hydroxylation is 2. The summed E-state index contributed by atoms with van der Waals surface area (Å²) in [6.07, 6.45) is 0. The van der Waals surface area contributed by atoms with E-state index in [1.165, 1.54) is 9.75 Å². The van der Waals surface area contributed by atoms with Crippen LogP contribution in [0.25, 0.3) is 10.4 Å². The van der Waals surface area contributed by atoms with Gasteiger partial charge in [-0.25, -0.2) is 0 Å². The van der Waals surface area contributed by atoms with Crippen LogP contribution in [0.5, 0.6) is 0 Å². The van der Waals surface area contributed by atoms with Crippen LogP contribution in [-0.2, 0) is 0 Å². The molecule has 2 N–H and O–H groups in total. The first-order valence-electron chi connectivity index (χ1n) is 4.81. The van der Waals surface area contributed by atoms with Crippen molar-refractivity contribution in [2.75, 3.05) is 5.73 Å². The predicted octanol–water partition coefficient (Wildman–Crippen LogP) is 5.14. The number of halogens is 2. The predicted molar refractivity (Wildman–Crippen MR) is 79.0 cm³/mol. The summed E-state index contributed by atoms with van der Waals surface area (Å²) in [4.78, 5) is 2.50. The van der Waals surface area contributed by atoms with E-state index in [9.17, 15) is 0 Å². The van der Waals surface area contributed by atoms with Crippen LogP contribution in [0.1, 0.15) is 10.4 Å². The fraction of sp³-hybridized carbons (Fsp3) is 0.167. The van der Waals surface area contributed by atoms with Crippen molar-refractivity contribution in [3.8, 4) is 10.4 Å². The molecular formula is C12H11Br2NS. The number of thiophene rings is 1. The summed E-state index contributed by atoms with van der Waals surface area (Å²) in [5.41, 5.74) is 9.03. The summed E-state index contributed by atoms with van der Waals surface area (Å²) >= 11 is 8.94. The molecular weight excluding hydrogens is 350 g/mol. The number of nitrogen functional groups attached to an aromatic ring is 1. The van der Waals surface area contributed by atoms with E-state index >= 15 is 0 Å². The van der Waals surface area contributed by atoms with Gasteiger partial charge in [-0.15, -0.1) is 11.3 Å². The number of nitrogens with two attached hydrogens (primary N) is 1. The van der Waals surface area contributed by atoms with Crippen molar-refractivity contribution in [1.29, 1.82) is 0 Å². The minimum Gasteiger partial charge on any atom is -0.398 e. The molecule has 16 heavy (non-hydrogen) atoms. The topological polar surface area (TPSA) is 26.0 Å². The summed E-state index contributed by atoms with van der Waals surface area (Å²) in [7, 11) is 0. The molecule has 0 radical (unpaired) electrons. The third-order valence-corrected chi connectivity index (χ3v) is 5.04. The van der Waals surface area contributed by atoms with Crippen LogP contribution >= 0.6 is 43.2 Å². The van der Waals surface area contributed by atoms with Crippen molar-refractivity contribution in [2.24, 2.45) is 0 Å². The molecule has 0 aliphatic heterocycles. The lowest BCUT2D eigenvalue weighted by atomic mass is 10.1. The van der Waals surface area contributed by atoms with Gasteiger partial charge in [0, 0.05) is 30.0 Å². The van der Waals surface area contributed by atoms with Crippen LogP contribution in [0.2, 0.25) is 0 Å². The van der Waals surface area contributed by atoms with E-state index in [0.29, 0.717) is 0 Å². The number of rotatable bonds is 1. The number of hydrogen-bond donors (Lipinski definition) is 1. The van der Waals surface area contributed by atoms with E-state index in [0.717, 1.165) is 25.8 Å². The quantitative estimate of drug-likeness (QED) is 0.700. The van der Waals surface area contributed by atoms with Gasteiger partial charge in [0.25, 0.3) is 0 Å². The first-order chi connectivity index (χ1) is 7.49. The molecule has 0 amide bonds. The van der Waals surface area contributed by atoms with Crippen LogP contribution < -0.4 is 5.73 Å². The third kappa shape index (κ3) is 2.19. The van der Waals surface area contributed by atoms with Gasteiger partial charge < -0.3 is 5.73 Å². The SMILES string of the molecule is Cc1cc(Br)c(-c2cc(N)c(C)cc2Br)s1. The Morgan fingerprint density at radius 3 is 2.31 bits per heavy atom. The van der Waals surface area contributed by atoms with Gasteiger partial charge in [0.1, 0.15) is 0 Å². The zero-order valence-electron chi connectivity index (χ0n) is 8.97. The maximum absolute atomic E-state index is 5.95. The second-order valence-corrected chi connectivity index (χ2v) is 6.69. The molecule has 0 saturated heterocycles. The number of anilines is 1. The highest BCUT2D eigenvalue weighted by Crippen LogP contribution is 2.41.